The molecule has 0 spiro atoms. The summed E-state index contributed by atoms with van der Waals surface area (Å²) in [7, 11) is 0. The Kier molecular flexibility index (Phi) is 12.2. The fourth-order valence-electron chi connectivity index (χ4n) is 6.74. The first-order valence-electron chi connectivity index (χ1n) is 14.4. The average molecular weight is 704 g/mol. The average Bonchev–Trinajstić information content (AvgIpc) is 3.56. The summed E-state index contributed by atoms with van der Waals surface area (Å²) in [5.41, 5.74) is 13.4. The maximum Gasteiger partial charge on any atom is 4.00 e. The van der Waals surface area contributed by atoms with Crippen molar-refractivity contribution in [3.05, 3.63) is 140 Å². The monoisotopic (exact) mass is 702 g/mol. The van der Waals surface area contributed by atoms with Crippen molar-refractivity contribution in [3.8, 4) is 22.3 Å². The van der Waals surface area contributed by atoms with Crippen LogP contribution in [0.25, 0.3) is 54.6 Å². The van der Waals surface area contributed by atoms with E-state index in [1.165, 1.54) is 77.2 Å². The van der Waals surface area contributed by atoms with E-state index in [-0.39, 0.29) is 46.5 Å². The van der Waals surface area contributed by atoms with Crippen LogP contribution in [-0.4, -0.2) is 0 Å². The smallest absolute Gasteiger partial charge is 1.00 e. The Hall–Kier alpha value is -2.55. The molecule has 7 rings (SSSR count). The summed E-state index contributed by atoms with van der Waals surface area (Å²) < 4.78 is 0. The zero-order valence-electron chi connectivity index (χ0n) is 26.2. The third-order valence-electron chi connectivity index (χ3n) is 8.35. The van der Waals surface area contributed by atoms with Crippen LogP contribution in [-0.2, 0) is 21.7 Å². The van der Waals surface area contributed by atoms with Crippen molar-refractivity contribution in [1.82, 2.24) is 0 Å². The third kappa shape index (κ3) is 7.23. The van der Waals surface area contributed by atoms with Crippen LogP contribution in [0, 0.1) is 41.5 Å². The number of aryl methyl sites for hydroxylation is 6. The van der Waals surface area contributed by atoms with E-state index in [1.807, 2.05) is 30.3 Å². The van der Waals surface area contributed by atoms with Crippen molar-refractivity contribution in [3.63, 3.8) is 0 Å². The first-order chi connectivity index (χ1) is 20.1. The number of halogens is 4. The molecule has 5 heteroatoms. The molecule has 7 aromatic carbocycles. The molecule has 226 valence electrons. The molecule has 0 bridgehead atoms. The van der Waals surface area contributed by atoms with E-state index in [9.17, 15) is 0 Å². The minimum Gasteiger partial charge on any atom is -1.00 e. The van der Waals surface area contributed by atoms with Crippen LogP contribution >= 0.6 is 23.2 Å². The molecule has 0 saturated heterocycles. The van der Waals surface area contributed by atoms with E-state index in [0.717, 1.165) is 20.8 Å². The molecule has 0 nitrogen and oxygen atoms in total. The number of hydrogen-bond donors (Lipinski definition) is 0. The minimum atomic E-state index is 0. The van der Waals surface area contributed by atoms with Gasteiger partial charge < -0.3 is 24.8 Å². The molecule has 0 aromatic heterocycles. The van der Waals surface area contributed by atoms with Crippen LogP contribution in [0.3, 0.4) is 0 Å². The van der Waals surface area contributed by atoms with Crippen LogP contribution in [0.1, 0.15) is 33.4 Å². The van der Waals surface area contributed by atoms with Gasteiger partial charge in [0.1, 0.15) is 0 Å². The van der Waals surface area contributed by atoms with Crippen molar-refractivity contribution in [2.45, 2.75) is 41.5 Å². The van der Waals surface area contributed by atoms with Gasteiger partial charge in [-0.3, -0.25) is 0 Å². The first kappa shape index (κ1) is 36.9. The van der Waals surface area contributed by atoms with E-state index in [0.29, 0.717) is 0 Å². The Labute approximate surface area is 304 Å². The molecule has 0 aliphatic carbocycles. The number of benzene rings is 5. The molecule has 0 fully saturated rings. The van der Waals surface area contributed by atoms with Gasteiger partial charge in [0.05, 0.1) is 0 Å². The van der Waals surface area contributed by atoms with Crippen LogP contribution < -0.4 is 24.8 Å². The van der Waals surface area contributed by atoms with Crippen molar-refractivity contribution in [2.75, 3.05) is 0 Å². The van der Waals surface area contributed by atoms with E-state index in [4.69, 9.17) is 23.2 Å². The van der Waals surface area contributed by atoms with Crippen LogP contribution in [0.2, 0.25) is 10.0 Å². The molecule has 0 atom stereocenters. The normalized spacial score (nSPS) is 10.6. The summed E-state index contributed by atoms with van der Waals surface area (Å²) in [6.07, 6.45) is 0. The summed E-state index contributed by atoms with van der Waals surface area (Å²) in [5.74, 6) is 0. The van der Waals surface area contributed by atoms with E-state index >= 15 is 0 Å². The Morgan fingerprint density at radius 2 is 0.911 bits per heavy atom. The Morgan fingerprint density at radius 1 is 0.489 bits per heavy atom. The van der Waals surface area contributed by atoms with Crippen molar-refractivity contribution < 1.29 is 46.5 Å². The van der Waals surface area contributed by atoms with Gasteiger partial charge in [0.2, 0.25) is 0 Å². The summed E-state index contributed by atoms with van der Waals surface area (Å²) in [6.45, 7) is 13.3. The number of rotatable bonds is 2. The fourth-order valence-corrected chi connectivity index (χ4v) is 7.20. The quantitative estimate of drug-likeness (QED) is 0.138. The van der Waals surface area contributed by atoms with E-state index in [2.05, 4.69) is 108 Å². The Morgan fingerprint density at radius 3 is 1.33 bits per heavy atom. The molecule has 45 heavy (non-hydrogen) atoms. The predicted molar refractivity (Wildman–Crippen MR) is 186 cm³/mol. The summed E-state index contributed by atoms with van der Waals surface area (Å²) in [6, 6.07) is 34.9. The molecule has 0 unspecified atom stereocenters. The largest absolute Gasteiger partial charge is 4.00 e. The molecule has 0 aliphatic rings. The zero-order chi connectivity index (χ0) is 29.7. The van der Waals surface area contributed by atoms with Crippen molar-refractivity contribution in [2.24, 2.45) is 0 Å². The Balaban J connectivity index is 0.000000335. The van der Waals surface area contributed by atoms with Gasteiger partial charge in [0.15, 0.2) is 0 Å². The molecule has 0 N–H and O–H groups in total. The standard InChI is InChI=1S/C31H29.C9H5Cl2.2ClH.Ti/c1-18-11-20(3)30(21(4)12-18)26-9-7-24-15-25-8-10-27(17-29(25)28(24)16-26)31-22(5)13-19(2)14-23(31)6;10-8-4-5-9(11)7-3-1-2-6(7)8;;;/h7-17H,1-6H3;1-5H;2*1H;/q2*-1;;;+4/p-2. The minimum absolute atomic E-state index is 0. The summed E-state index contributed by atoms with van der Waals surface area (Å²) in [4.78, 5) is 0. The van der Waals surface area contributed by atoms with Gasteiger partial charge in [-0.2, -0.15) is 12.1 Å². The van der Waals surface area contributed by atoms with Crippen LogP contribution in [0.5, 0.6) is 0 Å². The molecule has 7 aromatic rings. The molecular weight excluding hydrogens is 670 g/mol. The zero-order valence-corrected chi connectivity index (χ0v) is 30.8. The number of hydrogen-bond acceptors (Lipinski definition) is 0. The first-order valence-corrected chi connectivity index (χ1v) is 15.2. The molecule has 0 aliphatic heterocycles. The topological polar surface area (TPSA) is 0 Å². The van der Waals surface area contributed by atoms with Gasteiger partial charge >= 0.3 is 21.7 Å². The van der Waals surface area contributed by atoms with Crippen molar-refractivity contribution in [1.29, 1.82) is 0 Å². The van der Waals surface area contributed by atoms with Crippen LogP contribution in [0.15, 0.2) is 97.1 Å². The SMILES string of the molecule is Cc1cc(C)c(-c2ccc3[cH-]c4ccc(-c5c(C)cc(C)cc5C)cc4c3c2)c(C)c1.Clc1ccc(Cl)c2[cH-]ccc12.[Cl-].[Cl-].[Ti+4]. The van der Waals surface area contributed by atoms with Crippen molar-refractivity contribution >= 4 is 55.5 Å². The van der Waals surface area contributed by atoms with E-state index < -0.39 is 0 Å². The predicted octanol–water partition coefficient (Wildman–Crippen LogP) is 6.77. The van der Waals surface area contributed by atoms with Gasteiger partial charge in [-0.05, 0) is 96.1 Å². The Bertz CT molecular complexity index is 1940. The second kappa shape index (κ2) is 14.9. The van der Waals surface area contributed by atoms with Gasteiger partial charge in [-0.15, -0.1) is 68.2 Å². The second-order valence-corrected chi connectivity index (χ2v) is 12.5. The van der Waals surface area contributed by atoms with Gasteiger partial charge in [-0.1, -0.05) is 83.4 Å². The molecule has 0 radical (unpaired) electrons. The van der Waals surface area contributed by atoms with E-state index in [1.54, 1.807) is 0 Å². The molecule has 0 heterocycles. The van der Waals surface area contributed by atoms with Crippen LogP contribution in [0.4, 0.5) is 0 Å². The summed E-state index contributed by atoms with van der Waals surface area (Å²) in [5, 5.41) is 8.89. The molecule has 0 amide bonds. The van der Waals surface area contributed by atoms with Gasteiger partial charge in [0, 0.05) is 0 Å². The molecular formula is C40H34Cl4Ti. The fraction of sp³-hybridized carbons (Fsp3) is 0.150. The second-order valence-electron chi connectivity index (χ2n) is 11.7. The number of fused-ring (bicyclic) bond motifs is 4. The third-order valence-corrected chi connectivity index (χ3v) is 9.00. The summed E-state index contributed by atoms with van der Waals surface area (Å²) >= 11 is 11.8. The maximum atomic E-state index is 5.91. The van der Waals surface area contributed by atoms with Gasteiger partial charge in [0.25, 0.3) is 0 Å². The molecule has 0 saturated carbocycles. The maximum absolute atomic E-state index is 5.91. The van der Waals surface area contributed by atoms with Gasteiger partial charge in [-0.25, -0.2) is 0 Å².